The number of anilines is 1. The van der Waals surface area contributed by atoms with Crippen LogP contribution in [0.4, 0.5) is 5.69 Å². The maximum absolute atomic E-state index is 11.9. The Hall–Kier alpha value is -1.34. The van der Waals surface area contributed by atoms with Gasteiger partial charge in [-0.25, -0.2) is 9.59 Å². The summed E-state index contributed by atoms with van der Waals surface area (Å²) in [5.74, 6) is -0.736. The molecular formula is C18H21Br2NO4. The number of nitrogens with one attached hydrogen (secondary N) is 1. The van der Waals surface area contributed by atoms with E-state index < -0.39 is 11.9 Å². The Labute approximate surface area is 164 Å². The van der Waals surface area contributed by atoms with Gasteiger partial charge in [-0.3, -0.25) is 0 Å². The molecule has 25 heavy (non-hydrogen) atoms. The van der Waals surface area contributed by atoms with E-state index in [1.54, 1.807) is 0 Å². The summed E-state index contributed by atoms with van der Waals surface area (Å²) < 4.78 is 10.9. The fourth-order valence-corrected chi connectivity index (χ4v) is 4.37. The average molecular weight is 475 g/mol. The number of esters is 2. The predicted molar refractivity (Wildman–Crippen MR) is 103 cm³/mol. The first-order valence-corrected chi connectivity index (χ1v) is 9.68. The maximum Gasteiger partial charge on any atom is 0.354 e. The van der Waals surface area contributed by atoms with E-state index in [4.69, 9.17) is 4.74 Å². The van der Waals surface area contributed by atoms with E-state index in [-0.39, 0.29) is 5.70 Å². The lowest BCUT2D eigenvalue weighted by Crippen LogP contribution is -2.16. The number of hydrogen-bond acceptors (Lipinski definition) is 5. The molecule has 0 amide bonds. The second-order valence-electron chi connectivity index (χ2n) is 5.89. The highest BCUT2D eigenvalue weighted by atomic mass is 79.9. The topological polar surface area (TPSA) is 64.6 Å². The van der Waals surface area contributed by atoms with Crippen molar-refractivity contribution in [1.82, 2.24) is 0 Å². The molecule has 0 aromatic heterocycles. The van der Waals surface area contributed by atoms with Crippen LogP contribution in [-0.4, -0.2) is 26.2 Å². The number of rotatable bonds is 5. The molecule has 5 nitrogen and oxygen atoms in total. The zero-order valence-electron chi connectivity index (χ0n) is 14.2. The fourth-order valence-electron chi connectivity index (χ4n) is 2.95. The molecule has 0 bridgehead atoms. The third-order valence-electron chi connectivity index (χ3n) is 4.27. The van der Waals surface area contributed by atoms with Crippen LogP contribution in [0.25, 0.3) is 0 Å². The predicted octanol–water partition coefficient (Wildman–Crippen LogP) is 4.90. The largest absolute Gasteiger partial charge is 0.466 e. The molecule has 136 valence electrons. The summed E-state index contributed by atoms with van der Waals surface area (Å²) in [6, 6.07) is 4.13. The molecule has 7 heteroatoms. The first-order chi connectivity index (χ1) is 12.0. The molecule has 1 aromatic rings. The van der Waals surface area contributed by atoms with E-state index >= 15 is 0 Å². The summed E-state index contributed by atoms with van der Waals surface area (Å²) in [6.07, 6.45) is 7.28. The van der Waals surface area contributed by atoms with Gasteiger partial charge in [0.05, 0.1) is 26.0 Å². The lowest BCUT2D eigenvalue weighted by molar-refractivity contribution is -0.138. The van der Waals surface area contributed by atoms with Gasteiger partial charge in [-0.2, -0.15) is 0 Å². The van der Waals surface area contributed by atoms with E-state index in [2.05, 4.69) is 54.0 Å². The smallest absolute Gasteiger partial charge is 0.354 e. The van der Waals surface area contributed by atoms with Crippen molar-refractivity contribution in [3.8, 4) is 0 Å². The zero-order chi connectivity index (χ0) is 18.4. The summed E-state index contributed by atoms with van der Waals surface area (Å²) in [4.78, 5) is 23.4. The first-order valence-electron chi connectivity index (χ1n) is 8.10. The molecule has 0 radical (unpaired) electrons. The molecule has 0 aliphatic heterocycles. The monoisotopic (exact) mass is 473 g/mol. The molecule has 1 saturated carbocycles. The van der Waals surface area contributed by atoms with E-state index in [0.717, 1.165) is 15.0 Å². The SMILES string of the molecule is COC(=O)/C=C(/Nc1c(Br)cc(C2CCCCC2)cc1Br)C(=O)OC. The second kappa shape index (κ2) is 9.38. The highest BCUT2D eigenvalue weighted by Crippen LogP contribution is 2.39. The van der Waals surface area contributed by atoms with Crippen LogP contribution < -0.4 is 5.32 Å². The number of ether oxygens (including phenoxy) is 2. The van der Waals surface area contributed by atoms with Crippen molar-refractivity contribution in [2.24, 2.45) is 0 Å². The summed E-state index contributed by atoms with van der Waals surface area (Å²) in [7, 11) is 2.50. The average Bonchev–Trinajstić information content (AvgIpc) is 2.63. The molecule has 0 unspecified atom stereocenters. The van der Waals surface area contributed by atoms with E-state index in [1.165, 1.54) is 51.9 Å². The summed E-state index contributed by atoms with van der Waals surface area (Å²) >= 11 is 7.12. The summed E-state index contributed by atoms with van der Waals surface area (Å²) in [6.45, 7) is 0. The van der Waals surface area contributed by atoms with Crippen molar-refractivity contribution in [3.05, 3.63) is 38.4 Å². The van der Waals surface area contributed by atoms with Gasteiger partial charge in [-0.1, -0.05) is 19.3 Å². The van der Waals surface area contributed by atoms with Crippen LogP contribution in [0.1, 0.15) is 43.6 Å². The van der Waals surface area contributed by atoms with Crippen LogP contribution in [0, 0.1) is 0 Å². The van der Waals surface area contributed by atoms with Crippen molar-refractivity contribution >= 4 is 49.5 Å². The molecule has 0 saturated heterocycles. The molecule has 2 rings (SSSR count). The van der Waals surface area contributed by atoms with Gasteiger partial charge in [0, 0.05) is 8.95 Å². The van der Waals surface area contributed by atoms with Crippen molar-refractivity contribution in [2.45, 2.75) is 38.0 Å². The van der Waals surface area contributed by atoms with Crippen molar-refractivity contribution in [2.75, 3.05) is 19.5 Å². The fraction of sp³-hybridized carbons (Fsp3) is 0.444. The Morgan fingerprint density at radius 2 is 1.68 bits per heavy atom. The quantitative estimate of drug-likeness (QED) is 0.485. The van der Waals surface area contributed by atoms with Gasteiger partial charge < -0.3 is 14.8 Å². The number of carbonyl (C=O) groups is 2. The minimum absolute atomic E-state index is 0.00108. The molecule has 0 heterocycles. The van der Waals surface area contributed by atoms with Crippen LogP contribution >= 0.6 is 31.9 Å². The number of carbonyl (C=O) groups excluding carboxylic acids is 2. The number of hydrogen-bond donors (Lipinski definition) is 1. The minimum Gasteiger partial charge on any atom is -0.466 e. The lowest BCUT2D eigenvalue weighted by atomic mass is 9.84. The van der Waals surface area contributed by atoms with Crippen LogP contribution in [0.2, 0.25) is 0 Å². The van der Waals surface area contributed by atoms with Gasteiger partial charge >= 0.3 is 11.9 Å². The Morgan fingerprint density at radius 3 is 2.20 bits per heavy atom. The molecule has 1 aromatic carbocycles. The van der Waals surface area contributed by atoms with Gasteiger partial charge in [-0.15, -0.1) is 0 Å². The number of benzene rings is 1. The van der Waals surface area contributed by atoms with Gasteiger partial charge in [0.25, 0.3) is 0 Å². The maximum atomic E-state index is 11.9. The van der Waals surface area contributed by atoms with Crippen LogP contribution in [0.3, 0.4) is 0 Å². The van der Waals surface area contributed by atoms with Gasteiger partial charge in [0.15, 0.2) is 0 Å². The Balaban J connectivity index is 2.30. The van der Waals surface area contributed by atoms with E-state index in [1.807, 2.05) is 0 Å². The second-order valence-corrected chi connectivity index (χ2v) is 7.60. The zero-order valence-corrected chi connectivity index (χ0v) is 17.4. The normalized spacial score (nSPS) is 15.6. The standard InChI is InChI=1S/C18H21Br2NO4/c1-24-16(22)10-15(18(23)25-2)21-17-13(19)8-12(9-14(17)20)11-6-4-3-5-7-11/h8-11,21H,3-7H2,1-2H3/b15-10+. The lowest BCUT2D eigenvalue weighted by Gasteiger charge is -2.23. The van der Waals surface area contributed by atoms with Crippen molar-refractivity contribution in [1.29, 1.82) is 0 Å². The molecule has 0 spiro atoms. The van der Waals surface area contributed by atoms with Gasteiger partial charge in [0.2, 0.25) is 0 Å². The highest BCUT2D eigenvalue weighted by molar-refractivity contribution is 9.11. The molecule has 0 atom stereocenters. The molecule has 1 N–H and O–H groups in total. The van der Waals surface area contributed by atoms with E-state index in [0.29, 0.717) is 11.6 Å². The Bertz CT molecular complexity index is 659. The first kappa shape index (κ1) is 20.0. The molecule has 1 aliphatic rings. The Morgan fingerprint density at radius 1 is 1.08 bits per heavy atom. The van der Waals surface area contributed by atoms with Crippen molar-refractivity contribution < 1.29 is 19.1 Å². The molecular weight excluding hydrogens is 454 g/mol. The third kappa shape index (κ3) is 5.31. The number of methoxy groups -OCH3 is 2. The molecule has 1 fully saturated rings. The Kier molecular flexibility index (Phi) is 7.50. The summed E-state index contributed by atoms with van der Waals surface area (Å²) in [5, 5.41) is 2.95. The third-order valence-corrected chi connectivity index (χ3v) is 5.52. The molecule has 1 aliphatic carbocycles. The van der Waals surface area contributed by atoms with Crippen LogP contribution in [0.5, 0.6) is 0 Å². The summed E-state index contributed by atoms with van der Waals surface area (Å²) in [5.41, 5.74) is 1.92. The van der Waals surface area contributed by atoms with Crippen LogP contribution in [0.15, 0.2) is 32.9 Å². The number of halogens is 2. The van der Waals surface area contributed by atoms with E-state index in [9.17, 15) is 9.59 Å². The van der Waals surface area contributed by atoms with Gasteiger partial charge in [0.1, 0.15) is 5.70 Å². The minimum atomic E-state index is -0.652. The van der Waals surface area contributed by atoms with Crippen molar-refractivity contribution in [3.63, 3.8) is 0 Å². The van der Waals surface area contributed by atoms with Gasteiger partial charge in [-0.05, 0) is 68.3 Å². The highest BCUT2D eigenvalue weighted by Gasteiger charge is 2.20. The van der Waals surface area contributed by atoms with Crippen LogP contribution in [-0.2, 0) is 19.1 Å².